The van der Waals surface area contributed by atoms with Crippen molar-refractivity contribution in [1.29, 1.82) is 0 Å². The van der Waals surface area contributed by atoms with E-state index in [1.165, 1.54) is 24.6 Å². The summed E-state index contributed by atoms with van der Waals surface area (Å²) < 4.78 is 39.3. The third kappa shape index (κ3) is 2.64. The first-order valence-electron chi connectivity index (χ1n) is 8.39. The Bertz CT molecular complexity index is 597. The number of alkyl halides is 3. The SMILES string of the molecule is O=C(NC1C2CC3CC(C2)CC1C3)c1ccccc1C(F)(F)F. The van der Waals surface area contributed by atoms with Gasteiger partial charge in [-0.15, -0.1) is 0 Å². The summed E-state index contributed by atoms with van der Waals surface area (Å²) in [5, 5.41) is 2.95. The van der Waals surface area contributed by atoms with Crippen molar-refractivity contribution >= 4 is 5.91 Å². The van der Waals surface area contributed by atoms with Gasteiger partial charge in [-0.1, -0.05) is 12.1 Å². The lowest BCUT2D eigenvalue weighted by molar-refractivity contribution is -0.138. The summed E-state index contributed by atoms with van der Waals surface area (Å²) in [5.41, 5.74) is -1.10. The minimum absolute atomic E-state index is 0.0524. The monoisotopic (exact) mass is 323 g/mol. The van der Waals surface area contributed by atoms with Crippen LogP contribution in [-0.2, 0) is 6.18 Å². The Balaban J connectivity index is 1.55. The minimum Gasteiger partial charge on any atom is -0.349 e. The number of carbonyl (C=O) groups excluding carboxylic acids is 1. The van der Waals surface area contributed by atoms with Gasteiger partial charge < -0.3 is 5.32 Å². The molecule has 124 valence electrons. The zero-order valence-corrected chi connectivity index (χ0v) is 12.8. The molecule has 0 saturated heterocycles. The number of rotatable bonds is 2. The first kappa shape index (κ1) is 15.0. The molecule has 0 spiro atoms. The van der Waals surface area contributed by atoms with Gasteiger partial charge in [0.25, 0.3) is 5.91 Å². The number of hydrogen-bond acceptors (Lipinski definition) is 1. The van der Waals surface area contributed by atoms with Crippen LogP contribution >= 0.6 is 0 Å². The van der Waals surface area contributed by atoms with Crippen molar-refractivity contribution in [3.8, 4) is 0 Å². The maximum atomic E-state index is 13.1. The van der Waals surface area contributed by atoms with E-state index >= 15 is 0 Å². The van der Waals surface area contributed by atoms with E-state index in [0.717, 1.165) is 43.6 Å². The van der Waals surface area contributed by atoms with Crippen LogP contribution in [0, 0.1) is 23.7 Å². The van der Waals surface area contributed by atoms with E-state index in [0.29, 0.717) is 11.8 Å². The smallest absolute Gasteiger partial charge is 0.349 e. The van der Waals surface area contributed by atoms with Gasteiger partial charge in [-0.2, -0.15) is 13.2 Å². The Morgan fingerprint density at radius 3 is 2.09 bits per heavy atom. The zero-order chi connectivity index (χ0) is 16.2. The molecule has 1 amide bonds. The predicted octanol–water partition coefficient (Wildman–Crippen LogP) is 4.26. The van der Waals surface area contributed by atoms with Crippen LogP contribution in [0.4, 0.5) is 13.2 Å². The van der Waals surface area contributed by atoms with Crippen LogP contribution in [0.25, 0.3) is 0 Å². The average Bonchev–Trinajstić information content (AvgIpc) is 2.49. The van der Waals surface area contributed by atoms with Crippen molar-refractivity contribution in [1.82, 2.24) is 5.32 Å². The highest BCUT2D eigenvalue weighted by atomic mass is 19.4. The van der Waals surface area contributed by atoms with Crippen LogP contribution in [0.15, 0.2) is 24.3 Å². The summed E-state index contributed by atoms with van der Waals surface area (Å²) in [4.78, 5) is 12.5. The molecule has 0 heterocycles. The van der Waals surface area contributed by atoms with E-state index in [1.54, 1.807) is 0 Å². The fourth-order valence-corrected chi connectivity index (χ4v) is 5.32. The molecular formula is C18H20F3NO. The lowest BCUT2D eigenvalue weighted by Crippen LogP contribution is -2.55. The highest BCUT2D eigenvalue weighted by Gasteiger charge is 2.49. The molecule has 5 rings (SSSR count). The molecule has 0 unspecified atom stereocenters. The number of carbonyl (C=O) groups is 1. The molecule has 4 aliphatic carbocycles. The highest BCUT2D eigenvalue weighted by molar-refractivity contribution is 5.96. The summed E-state index contributed by atoms with van der Waals surface area (Å²) in [6.07, 6.45) is 1.30. The fraction of sp³-hybridized carbons (Fsp3) is 0.611. The van der Waals surface area contributed by atoms with Crippen LogP contribution in [-0.4, -0.2) is 11.9 Å². The van der Waals surface area contributed by atoms with Crippen molar-refractivity contribution in [3.05, 3.63) is 35.4 Å². The number of amides is 1. The van der Waals surface area contributed by atoms with E-state index < -0.39 is 17.6 Å². The summed E-state index contributed by atoms with van der Waals surface area (Å²) in [7, 11) is 0. The zero-order valence-electron chi connectivity index (χ0n) is 12.8. The molecule has 0 aliphatic heterocycles. The third-order valence-electron chi connectivity index (χ3n) is 6.00. The van der Waals surface area contributed by atoms with Gasteiger partial charge in [0.2, 0.25) is 0 Å². The molecule has 0 atom stereocenters. The standard InChI is InChI=1S/C18H20F3NO/c19-18(20,21)15-4-2-1-3-14(15)17(23)22-16-12-6-10-5-11(8-12)9-13(16)7-10/h1-4,10-13,16H,5-9H2,(H,22,23). The topological polar surface area (TPSA) is 29.1 Å². The van der Waals surface area contributed by atoms with Crippen LogP contribution in [0.3, 0.4) is 0 Å². The molecule has 1 aromatic carbocycles. The molecule has 4 aliphatic rings. The second-order valence-electron chi connectivity index (χ2n) is 7.47. The summed E-state index contributed by atoms with van der Waals surface area (Å²) in [6.45, 7) is 0. The third-order valence-corrected chi connectivity index (χ3v) is 6.00. The van der Waals surface area contributed by atoms with E-state index in [-0.39, 0.29) is 11.6 Å². The van der Waals surface area contributed by atoms with Gasteiger partial charge in [0.05, 0.1) is 11.1 Å². The molecule has 4 saturated carbocycles. The molecule has 1 aromatic rings. The van der Waals surface area contributed by atoms with Gasteiger partial charge in [-0.05, 0) is 67.9 Å². The molecule has 4 bridgehead atoms. The molecule has 1 N–H and O–H groups in total. The normalized spacial score (nSPS) is 35.3. The van der Waals surface area contributed by atoms with Crippen molar-refractivity contribution in [2.45, 2.75) is 44.3 Å². The van der Waals surface area contributed by atoms with E-state index in [9.17, 15) is 18.0 Å². The average molecular weight is 323 g/mol. The molecule has 0 aromatic heterocycles. The first-order valence-corrected chi connectivity index (χ1v) is 8.39. The maximum absolute atomic E-state index is 13.1. The Morgan fingerprint density at radius 1 is 0.957 bits per heavy atom. The van der Waals surface area contributed by atoms with E-state index in [2.05, 4.69) is 5.32 Å². The number of halogens is 3. The molecule has 23 heavy (non-hydrogen) atoms. The Hall–Kier alpha value is -1.52. The van der Waals surface area contributed by atoms with Gasteiger partial charge in [0, 0.05) is 6.04 Å². The van der Waals surface area contributed by atoms with Crippen molar-refractivity contribution in [2.24, 2.45) is 23.7 Å². The molecular weight excluding hydrogens is 303 g/mol. The van der Waals surface area contributed by atoms with Gasteiger partial charge >= 0.3 is 6.18 Å². The van der Waals surface area contributed by atoms with Gasteiger partial charge in [0.15, 0.2) is 0 Å². The largest absolute Gasteiger partial charge is 0.417 e. The lowest BCUT2D eigenvalue weighted by atomic mass is 9.54. The van der Waals surface area contributed by atoms with Crippen molar-refractivity contribution in [2.75, 3.05) is 0 Å². The Labute approximate surface area is 133 Å². The second kappa shape index (κ2) is 5.25. The van der Waals surface area contributed by atoms with Crippen molar-refractivity contribution in [3.63, 3.8) is 0 Å². The summed E-state index contributed by atoms with van der Waals surface area (Å²) in [5.74, 6) is 1.87. The molecule has 5 heteroatoms. The van der Waals surface area contributed by atoms with E-state index in [1.807, 2.05) is 0 Å². The van der Waals surface area contributed by atoms with Crippen LogP contribution in [0.1, 0.15) is 48.0 Å². The van der Waals surface area contributed by atoms with Crippen LogP contribution < -0.4 is 5.32 Å². The van der Waals surface area contributed by atoms with Gasteiger partial charge in [0.1, 0.15) is 0 Å². The summed E-state index contributed by atoms with van der Waals surface area (Å²) in [6, 6.07) is 5.11. The maximum Gasteiger partial charge on any atom is 0.417 e. The first-order chi connectivity index (χ1) is 10.9. The lowest BCUT2D eigenvalue weighted by Gasteiger charge is -2.54. The fourth-order valence-electron chi connectivity index (χ4n) is 5.32. The molecule has 2 nitrogen and oxygen atoms in total. The number of nitrogens with one attached hydrogen (secondary N) is 1. The Kier molecular flexibility index (Phi) is 3.43. The van der Waals surface area contributed by atoms with E-state index in [4.69, 9.17) is 0 Å². The van der Waals surface area contributed by atoms with Crippen LogP contribution in [0.5, 0.6) is 0 Å². The minimum atomic E-state index is -4.50. The summed E-state index contributed by atoms with van der Waals surface area (Å²) >= 11 is 0. The van der Waals surface area contributed by atoms with Gasteiger partial charge in [-0.25, -0.2) is 0 Å². The van der Waals surface area contributed by atoms with Crippen LogP contribution in [0.2, 0.25) is 0 Å². The molecule has 4 fully saturated rings. The Morgan fingerprint density at radius 2 is 1.52 bits per heavy atom. The number of benzene rings is 1. The van der Waals surface area contributed by atoms with Crippen molar-refractivity contribution < 1.29 is 18.0 Å². The quantitative estimate of drug-likeness (QED) is 0.866. The number of hydrogen-bond donors (Lipinski definition) is 1. The predicted molar refractivity (Wildman–Crippen MR) is 79.7 cm³/mol. The molecule has 0 radical (unpaired) electrons. The highest BCUT2D eigenvalue weighted by Crippen LogP contribution is 2.53. The van der Waals surface area contributed by atoms with Gasteiger partial charge in [-0.3, -0.25) is 4.79 Å². The second-order valence-corrected chi connectivity index (χ2v) is 7.47.